The number of esters is 2. The molecule has 4 nitrogen and oxygen atoms in total. The van der Waals surface area contributed by atoms with E-state index in [4.69, 9.17) is 9.47 Å². The van der Waals surface area contributed by atoms with Crippen LogP contribution in [0.2, 0.25) is 0 Å². The Morgan fingerprint density at radius 3 is 1.47 bits per heavy atom. The minimum atomic E-state index is -0.355. The molecular formula is C26H26O4. The van der Waals surface area contributed by atoms with E-state index >= 15 is 0 Å². The monoisotopic (exact) mass is 402 g/mol. The summed E-state index contributed by atoms with van der Waals surface area (Å²) in [4.78, 5) is 23.0. The standard InChI is InChI=1S/C26H26O4/c1-17(2)25(27)29-13-11-19-5-9-23-21(15-19)7-8-22-16-20(6-10-24(22)23)12-14-30-26(28)18(3)4/h5-10,15-16H,1,3,11-14H2,2,4H3. The number of carbonyl (C=O) groups is 2. The number of carbonyl (C=O) groups excluding carboxylic acids is 2. The molecule has 3 aromatic carbocycles. The lowest BCUT2D eigenvalue weighted by atomic mass is 9.97. The van der Waals surface area contributed by atoms with Crippen molar-refractivity contribution in [2.45, 2.75) is 26.7 Å². The number of rotatable bonds is 8. The lowest BCUT2D eigenvalue weighted by molar-refractivity contribution is -0.139. The van der Waals surface area contributed by atoms with Gasteiger partial charge in [0.15, 0.2) is 0 Å². The van der Waals surface area contributed by atoms with Gasteiger partial charge in [-0.25, -0.2) is 9.59 Å². The van der Waals surface area contributed by atoms with Crippen LogP contribution in [0, 0.1) is 0 Å². The van der Waals surface area contributed by atoms with Crippen molar-refractivity contribution in [2.24, 2.45) is 0 Å². The van der Waals surface area contributed by atoms with E-state index in [1.165, 1.54) is 10.8 Å². The third-order valence-corrected chi connectivity index (χ3v) is 4.91. The SMILES string of the molecule is C=C(C)C(=O)OCCc1ccc2c(ccc3cc(CCOC(=O)C(=C)C)ccc32)c1. The van der Waals surface area contributed by atoms with Gasteiger partial charge in [-0.15, -0.1) is 0 Å². The summed E-state index contributed by atoms with van der Waals surface area (Å²) in [7, 11) is 0. The molecule has 0 aliphatic carbocycles. The quantitative estimate of drug-likeness (QED) is 0.291. The van der Waals surface area contributed by atoms with Crippen LogP contribution in [0.15, 0.2) is 72.8 Å². The van der Waals surface area contributed by atoms with Crippen molar-refractivity contribution >= 4 is 33.5 Å². The predicted octanol–water partition coefficient (Wildman–Crippen LogP) is 5.32. The van der Waals surface area contributed by atoms with Crippen molar-refractivity contribution in [3.05, 3.63) is 84.0 Å². The summed E-state index contributed by atoms with van der Waals surface area (Å²) in [5, 5.41) is 4.65. The molecule has 0 unspecified atom stereocenters. The van der Waals surface area contributed by atoms with Crippen molar-refractivity contribution in [1.29, 1.82) is 0 Å². The van der Waals surface area contributed by atoms with Gasteiger partial charge in [-0.2, -0.15) is 0 Å². The number of benzene rings is 3. The summed E-state index contributed by atoms with van der Waals surface area (Å²) < 4.78 is 10.4. The van der Waals surface area contributed by atoms with E-state index in [9.17, 15) is 9.59 Å². The Kier molecular flexibility index (Phi) is 6.68. The van der Waals surface area contributed by atoms with Crippen LogP contribution in [0.25, 0.3) is 21.5 Å². The Morgan fingerprint density at radius 2 is 1.10 bits per heavy atom. The van der Waals surface area contributed by atoms with E-state index in [1.807, 2.05) is 0 Å². The average molecular weight is 402 g/mol. The number of hydrogen-bond donors (Lipinski definition) is 0. The molecule has 0 aliphatic rings. The first kappa shape index (κ1) is 21.3. The fourth-order valence-corrected chi connectivity index (χ4v) is 3.25. The van der Waals surface area contributed by atoms with Crippen molar-refractivity contribution in [1.82, 2.24) is 0 Å². The van der Waals surface area contributed by atoms with E-state index in [-0.39, 0.29) is 11.9 Å². The van der Waals surface area contributed by atoms with Crippen molar-refractivity contribution in [3.63, 3.8) is 0 Å². The van der Waals surface area contributed by atoms with Gasteiger partial charge >= 0.3 is 11.9 Å². The third kappa shape index (κ3) is 5.15. The minimum Gasteiger partial charge on any atom is -0.462 e. The van der Waals surface area contributed by atoms with Crippen LogP contribution in [0.4, 0.5) is 0 Å². The summed E-state index contributed by atoms with van der Waals surface area (Å²) in [6.45, 7) is 11.1. The first-order chi connectivity index (χ1) is 14.3. The van der Waals surface area contributed by atoms with Gasteiger partial charge in [0.2, 0.25) is 0 Å². The molecule has 0 amide bonds. The lowest BCUT2D eigenvalue weighted by Gasteiger charge is -2.10. The second-order valence-electron chi connectivity index (χ2n) is 7.51. The topological polar surface area (TPSA) is 52.6 Å². The zero-order valence-electron chi connectivity index (χ0n) is 17.5. The van der Waals surface area contributed by atoms with Gasteiger partial charge in [-0.1, -0.05) is 61.7 Å². The zero-order valence-corrected chi connectivity index (χ0v) is 17.5. The fraction of sp³-hybridized carbons (Fsp3) is 0.231. The molecule has 0 heterocycles. The van der Waals surface area contributed by atoms with Gasteiger partial charge in [-0.3, -0.25) is 0 Å². The van der Waals surface area contributed by atoms with E-state index in [0.717, 1.165) is 21.9 Å². The molecule has 154 valence electrons. The molecular weight excluding hydrogens is 376 g/mol. The molecule has 3 aromatic rings. The van der Waals surface area contributed by atoms with Gasteiger partial charge in [0.25, 0.3) is 0 Å². The maximum absolute atomic E-state index is 11.5. The smallest absolute Gasteiger partial charge is 0.333 e. The Balaban J connectivity index is 1.72. The zero-order chi connectivity index (χ0) is 21.7. The van der Waals surface area contributed by atoms with Crippen LogP contribution in [0.1, 0.15) is 25.0 Å². The maximum atomic E-state index is 11.5. The molecule has 0 spiro atoms. The molecule has 30 heavy (non-hydrogen) atoms. The summed E-state index contributed by atoms with van der Waals surface area (Å²) in [5.41, 5.74) is 3.06. The van der Waals surface area contributed by atoms with Gasteiger partial charge in [0.1, 0.15) is 0 Å². The molecule has 0 radical (unpaired) electrons. The normalized spacial score (nSPS) is 10.7. The molecule has 0 aliphatic heterocycles. The minimum absolute atomic E-state index is 0.337. The summed E-state index contributed by atoms with van der Waals surface area (Å²) in [5.74, 6) is -0.709. The summed E-state index contributed by atoms with van der Waals surface area (Å²) in [6.07, 6.45) is 1.32. The van der Waals surface area contributed by atoms with Crippen LogP contribution in [-0.2, 0) is 31.9 Å². The fourth-order valence-electron chi connectivity index (χ4n) is 3.25. The highest BCUT2D eigenvalue weighted by Gasteiger charge is 2.07. The summed E-state index contributed by atoms with van der Waals surface area (Å²) >= 11 is 0. The number of fused-ring (bicyclic) bond motifs is 3. The highest BCUT2D eigenvalue weighted by Crippen LogP contribution is 2.27. The van der Waals surface area contributed by atoms with Gasteiger partial charge in [0.05, 0.1) is 13.2 Å². The second kappa shape index (κ2) is 9.40. The maximum Gasteiger partial charge on any atom is 0.333 e. The van der Waals surface area contributed by atoms with Gasteiger partial charge in [0, 0.05) is 24.0 Å². The van der Waals surface area contributed by atoms with Crippen molar-refractivity contribution < 1.29 is 19.1 Å². The highest BCUT2D eigenvalue weighted by molar-refractivity contribution is 6.07. The molecule has 0 saturated heterocycles. The molecule has 0 saturated carbocycles. The Morgan fingerprint density at radius 1 is 0.700 bits per heavy atom. The molecule has 3 rings (SSSR count). The number of ether oxygens (including phenoxy) is 2. The molecule has 0 atom stereocenters. The molecule has 4 heteroatoms. The van der Waals surface area contributed by atoms with Crippen LogP contribution in [-0.4, -0.2) is 25.2 Å². The predicted molar refractivity (Wildman–Crippen MR) is 120 cm³/mol. The molecule has 0 aromatic heterocycles. The molecule has 0 bridgehead atoms. The van der Waals surface area contributed by atoms with Gasteiger partial charge in [-0.05, 0) is 46.5 Å². The largest absolute Gasteiger partial charge is 0.462 e. The Labute approximate surface area is 176 Å². The van der Waals surface area contributed by atoms with Gasteiger partial charge < -0.3 is 9.47 Å². The van der Waals surface area contributed by atoms with E-state index in [0.29, 0.717) is 37.2 Å². The van der Waals surface area contributed by atoms with Crippen LogP contribution in [0.3, 0.4) is 0 Å². The first-order valence-electron chi connectivity index (χ1n) is 9.94. The van der Waals surface area contributed by atoms with Crippen LogP contribution >= 0.6 is 0 Å². The second-order valence-corrected chi connectivity index (χ2v) is 7.51. The van der Waals surface area contributed by atoms with E-state index in [1.54, 1.807) is 13.8 Å². The van der Waals surface area contributed by atoms with Crippen LogP contribution in [0.5, 0.6) is 0 Å². The Hall–Kier alpha value is -3.40. The third-order valence-electron chi connectivity index (χ3n) is 4.91. The Bertz CT molecular complexity index is 1050. The average Bonchev–Trinajstić information content (AvgIpc) is 2.72. The highest BCUT2D eigenvalue weighted by atomic mass is 16.5. The molecule has 0 fully saturated rings. The first-order valence-corrected chi connectivity index (χ1v) is 9.94. The van der Waals surface area contributed by atoms with Crippen LogP contribution < -0.4 is 0 Å². The van der Waals surface area contributed by atoms with Crippen molar-refractivity contribution in [3.8, 4) is 0 Å². The van der Waals surface area contributed by atoms with E-state index in [2.05, 4.69) is 61.7 Å². The number of hydrogen-bond acceptors (Lipinski definition) is 4. The molecule has 0 N–H and O–H groups in total. The van der Waals surface area contributed by atoms with Crippen molar-refractivity contribution in [2.75, 3.05) is 13.2 Å². The van der Waals surface area contributed by atoms with E-state index < -0.39 is 0 Å². The summed E-state index contributed by atoms with van der Waals surface area (Å²) in [6, 6.07) is 16.8. The lowest BCUT2D eigenvalue weighted by Crippen LogP contribution is -2.08.